The van der Waals surface area contributed by atoms with Gasteiger partial charge in [0.05, 0.1) is 0 Å². The minimum absolute atomic E-state index is 0.612. The molecule has 206 valence electrons. The molecule has 0 atom stereocenters. The molecule has 6 heteroatoms. The molecular weight excluding hydrogens is 572 g/mol. The molecule has 0 saturated carbocycles. The summed E-state index contributed by atoms with van der Waals surface area (Å²) in [6.45, 7) is 0. The molecule has 0 radical (unpaired) electrons. The van der Waals surface area contributed by atoms with E-state index in [1.165, 1.54) is 0 Å². The van der Waals surface area contributed by atoms with Gasteiger partial charge in [0.15, 0.2) is 0 Å². The minimum atomic E-state index is -4.88. The zero-order valence-electron chi connectivity index (χ0n) is 23.0. The molecule has 6 aromatic carbocycles. The van der Waals surface area contributed by atoms with Crippen LogP contribution < -0.4 is 25.5 Å². The Bertz CT molecular complexity index is 1460. The predicted octanol–water partition coefficient (Wildman–Crippen LogP) is 6.72. The van der Waals surface area contributed by atoms with E-state index >= 15 is 0 Å². The Hall–Kier alpha value is -4.39. The van der Waals surface area contributed by atoms with Gasteiger partial charge >= 0.3 is 254 Å². The van der Waals surface area contributed by atoms with Gasteiger partial charge in [-0.25, -0.2) is 0 Å². The molecule has 4 nitrogen and oxygen atoms in total. The van der Waals surface area contributed by atoms with Crippen LogP contribution in [0.3, 0.4) is 0 Å². The Morgan fingerprint density at radius 2 is 0.548 bits per heavy atom. The second-order valence-electron chi connectivity index (χ2n) is 9.63. The van der Waals surface area contributed by atoms with Crippen molar-refractivity contribution in [1.82, 2.24) is 0 Å². The van der Waals surface area contributed by atoms with Gasteiger partial charge in [0.1, 0.15) is 0 Å². The SMILES string of the molecule is c1ccc([O][Ti]([O]c2ccccc2)([O]c2ccccc2)[O][Si](c2ccccc2)(c2ccccc2)c2ccccc2)cc1. The Labute approximate surface area is 253 Å². The van der Waals surface area contributed by atoms with Gasteiger partial charge in [0.25, 0.3) is 0 Å². The van der Waals surface area contributed by atoms with Crippen LogP contribution in [0, 0.1) is 0 Å². The molecule has 42 heavy (non-hydrogen) atoms. The third kappa shape index (κ3) is 6.25. The molecule has 0 aliphatic heterocycles. The summed E-state index contributed by atoms with van der Waals surface area (Å²) in [7, 11) is -3.31. The van der Waals surface area contributed by atoms with Crippen LogP contribution in [0.4, 0.5) is 0 Å². The molecule has 0 aliphatic carbocycles. The topological polar surface area (TPSA) is 36.9 Å². The third-order valence-corrected chi connectivity index (χ3v) is 15.7. The fourth-order valence-electron chi connectivity index (χ4n) is 4.91. The Morgan fingerprint density at radius 1 is 0.310 bits per heavy atom. The normalized spacial score (nSPS) is 11.4. The van der Waals surface area contributed by atoms with Crippen molar-refractivity contribution in [1.29, 1.82) is 0 Å². The summed E-state index contributed by atoms with van der Waals surface area (Å²) in [5.74, 6) is 1.84. The number of hydrogen-bond donors (Lipinski definition) is 0. The molecular formula is C36H30O4SiTi. The zero-order chi connectivity index (χ0) is 28.5. The van der Waals surface area contributed by atoms with Gasteiger partial charge in [-0.2, -0.15) is 0 Å². The van der Waals surface area contributed by atoms with Crippen LogP contribution in [-0.4, -0.2) is 8.32 Å². The fourth-order valence-corrected chi connectivity index (χ4v) is 14.9. The van der Waals surface area contributed by atoms with Gasteiger partial charge in [-0.05, 0) is 0 Å². The Kier molecular flexibility index (Phi) is 8.64. The number of para-hydroxylation sites is 3. The van der Waals surface area contributed by atoms with Crippen molar-refractivity contribution in [2.24, 2.45) is 0 Å². The van der Waals surface area contributed by atoms with Crippen molar-refractivity contribution in [3.05, 3.63) is 182 Å². The molecule has 6 aromatic rings. The molecule has 0 N–H and O–H groups in total. The molecule has 0 bridgehead atoms. The van der Waals surface area contributed by atoms with E-state index in [9.17, 15) is 0 Å². The van der Waals surface area contributed by atoms with Crippen LogP contribution in [0.2, 0.25) is 0 Å². The van der Waals surface area contributed by atoms with Crippen LogP contribution in [0.25, 0.3) is 0 Å². The van der Waals surface area contributed by atoms with Crippen molar-refractivity contribution in [2.75, 3.05) is 0 Å². The van der Waals surface area contributed by atoms with Crippen molar-refractivity contribution >= 4 is 23.9 Å². The molecule has 0 aliphatic rings. The third-order valence-electron chi connectivity index (χ3n) is 6.78. The van der Waals surface area contributed by atoms with Crippen molar-refractivity contribution < 1.29 is 31.1 Å². The summed E-state index contributed by atoms with van der Waals surface area (Å²) < 4.78 is 28.3. The summed E-state index contributed by atoms with van der Waals surface area (Å²) in [4.78, 5) is 0. The van der Waals surface area contributed by atoms with E-state index in [0.29, 0.717) is 17.2 Å². The first-order valence-corrected chi connectivity index (χ1v) is 18.3. The van der Waals surface area contributed by atoms with E-state index in [1.807, 2.05) is 109 Å². The average molecular weight is 603 g/mol. The summed E-state index contributed by atoms with van der Waals surface area (Å²) in [5, 5.41) is 3.17. The van der Waals surface area contributed by atoms with E-state index in [-0.39, 0.29) is 0 Å². The van der Waals surface area contributed by atoms with E-state index in [4.69, 9.17) is 13.0 Å². The average Bonchev–Trinajstić information content (AvgIpc) is 3.06. The zero-order valence-corrected chi connectivity index (χ0v) is 25.5. The summed E-state index contributed by atoms with van der Waals surface area (Å²) >= 11 is -4.88. The molecule has 0 fully saturated rings. The first-order valence-electron chi connectivity index (χ1n) is 13.8. The fraction of sp³-hybridized carbons (Fsp3) is 0. The summed E-state index contributed by atoms with van der Waals surface area (Å²) in [6, 6.07) is 60.1. The van der Waals surface area contributed by atoms with Gasteiger partial charge in [-0.15, -0.1) is 0 Å². The molecule has 0 amide bonds. The molecule has 0 heterocycles. The molecule has 0 spiro atoms. The molecule has 0 unspecified atom stereocenters. The predicted molar refractivity (Wildman–Crippen MR) is 166 cm³/mol. The van der Waals surface area contributed by atoms with Crippen LogP contribution in [0.5, 0.6) is 17.2 Å². The van der Waals surface area contributed by atoms with E-state index in [1.54, 1.807) is 0 Å². The van der Waals surface area contributed by atoms with Gasteiger partial charge in [-0.3, -0.25) is 0 Å². The monoisotopic (exact) mass is 602 g/mol. The number of rotatable bonds is 11. The van der Waals surface area contributed by atoms with Gasteiger partial charge in [-0.1, -0.05) is 0 Å². The molecule has 0 saturated heterocycles. The van der Waals surface area contributed by atoms with E-state index in [2.05, 4.69) is 72.8 Å². The summed E-state index contributed by atoms with van der Waals surface area (Å²) in [6.07, 6.45) is 0. The maximum atomic E-state index is 7.66. The van der Waals surface area contributed by atoms with E-state index in [0.717, 1.165) is 15.6 Å². The van der Waals surface area contributed by atoms with Crippen LogP contribution in [0.1, 0.15) is 0 Å². The standard InChI is InChI=1S/C18H15OSi.3C6H6O.Ti/c19-20(16-10-4-1-5-11-16,17-12-6-2-7-13-17)18-14-8-3-9-15-18;3*7-6-4-2-1-3-5-6;/h1-15H;3*1-5,7H;/q-1;;;;+4/p-3. The first kappa shape index (κ1) is 27.8. The van der Waals surface area contributed by atoms with Gasteiger partial charge in [0.2, 0.25) is 0 Å². The molecule has 6 rings (SSSR count). The van der Waals surface area contributed by atoms with Gasteiger partial charge < -0.3 is 0 Å². The quantitative estimate of drug-likeness (QED) is 0.122. The van der Waals surface area contributed by atoms with Crippen LogP contribution in [-0.2, 0) is 21.1 Å². The first-order chi connectivity index (χ1) is 20.8. The van der Waals surface area contributed by atoms with Crippen molar-refractivity contribution in [2.45, 2.75) is 0 Å². The van der Waals surface area contributed by atoms with Crippen LogP contribution in [0.15, 0.2) is 182 Å². The van der Waals surface area contributed by atoms with Crippen molar-refractivity contribution in [3.63, 3.8) is 0 Å². The van der Waals surface area contributed by atoms with Crippen molar-refractivity contribution in [3.8, 4) is 17.2 Å². The maximum absolute atomic E-state index is 7.66. The second kappa shape index (κ2) is 13.1. The molecule has 0 aromatic heterocycles. The number of benzene rings is 6. The van der Waals surface area contributed by atoms with Crippen LogP contribution >= 0.6 is 0 Å². The Balaban J connectivity index is 1.62. The second-order valence-corrected chi connectivity index (χ2v) is 16.4. The van der Waals surface area contributed by atoms with Gasteiger partial charge in [0, 0.05) is 0 Å². The summed E-state index contributed by atoms with van der Waals surface area (Å²) in [5.41, 5.74) is 0. The Morgan fingerprint density at radius 3 is 0.810 bits per heavy atom. The van der Waals surface area contributed by atoms with E-state index < -0.39 is 26.5 Å². The number of hydrogen-bond acceptors (Lipinski definition) is 4.